The zero-order chi connectivity index (χ0) is 10.3. The van der Waals surface area contributed by atoms with E-state index < -0.39 is 0 Å². The van der Waals surface area contributed by atoms with Crippen LogP contribution >= 0.6 is 0 Å². The maximum absolute atomic E-state index is 3.64. The zero-order valence-corrected chi connectivity index (χ0v) is 9.93. The summed E-state index contributed by atoms with van der Waals surface area (Å²) in [5, 5.41) is 7.27. The fourth-order valence-electron chi connectivity index (χ4n) is 2.95. The van der Waals surface area contributed by atoms with Crippen molar-refractivity contribution in [2.24, 2.45) is 0 Å². The molecule has 2 heteroatoms. The number of hydrogen-bond donors (Lipinski definition) is 2. The molecule has 2 atom stereocenters. The lowest BCUT2D eigenvalue weighted by atomic mass is 9.95. The average molecular weight is 210 g/mol. The van der Waals surface area contributed by atoms with Crippen LogP contribution in [-0.4, -0.2) is 25.2 Å². The van der Waals surface area contributed by atoms with E-state index in [1.165, 1.54) is 70.9 Å². The maximum atomic E-state index is 3.64. The molecule has 2 fully saturated rings. The van der Waals surface area contributed by atoms with Crippen LogP contribution in [0.1, 0.15) is 57.8 Å². The van der Waals surface area contributed by atoms with Gasteiger partial charge in [-0.05, 0) is 51.6 Å². The molecule has 2 saturated heterocycles. The van der Waals surface area contributed by atoms with Crippen LogP contribution in [0, 0.1) is 0 Å². The van der Waals surface area contributed by atoms with Gasteiger partial charge in [0.2, 0.25) is 0 Å². The highest BCUT2D eigenvalue weighted by atomic mass is 14.9. The topological polar surface area (TPSA) is 24.1 Å². The van der Waals surface area contributed by atoms with Gasteiger partial charge in [-0.3, -0.25) is 0 Å². The van der Waals surface area contributed by atoms with Crippen LogP contribution in [0.4, 0.5) is 0 Å². The monoisotopic (exact) mass is 210 g/mol. The van der Waals surface area contributed by atoms with Gasteiger partial charge in [0.15, 0.2) is 0 Å². The van der Waals surface area contributed by atoms with E-state index in [0.29, 0.717) is 0 Å². The predicted molar refractivity (Wildman–Crippen MR) is 65.1 cm³/mol. The van der Waals surface area contributed by atoms with Gasteiger partial charge in [-0.2, -0.15) is 0 Å². The molecule has 0 radical (unpaired) electrons. The van der Waals surface area contributed by atoms with Crippen LogP contribution in [0.15, 0.2) is 0 Å². The first-order valence-electron chi connectivity index (χ1n) is 6.92. The van der Waals surface area contributed by atoms with Crippen molar-refractivity contribution in [3.8, 4) is 0 Å². The third-order valence-electron chi connectivity index (χ3n) is 3.93. The molecule has 2 rings (SSSR count). The van der Waals surface area contributed by atoms with Crippen molar-refractivity contribution in [3.63, 3.8) is 0 Å². The van der Waals surface area contributed by atoms with Crippen molar-refractivity contribution in [3.05, 3.63) is 0 Å². The molecule has 0 aromatic carbocycles. The van der Waals surface area contributed by atoms with Crippen molar-refractivity contribution in [2.75, 3.05) is 13.1 Å². The smallest absolute Gasteiger partial charge is 0.00670 e. The number of rotatable bonds is 4. The van der Waals surface area contributed by atoms with Gasteiger partial charge >= 0.3 is 0 Å². The molecule has 0 spiro atoms. The SMILES string of the molecule is C1CC[C@H](CCC[C@@H]2CCCCN2)NC1. The summed E-state index contributed by atoms with van der Waals surface area (Å²) in [6.07, 6.45) is 12.7. The molecule has 0 aliphatic carbocycles. The van der Waals surface area contributed by atoms with E-state index in [-0.39, 0.29) is 0 Å². The lowest BCUT2D eigenvalue weighted by molar-refractivity contribution is 0.338. The van der Waals surface area contributed by atoms with Crippen LogP contribution in [0.5, 0.6) is 0 Å². The van der Waals surface area contributed by atoms with E-state index >= 15 is 0 Å². The van der Waals surface area contributed by atoms with Crippen LogP contribution in [0.25, 0.3) is 0 Å². The van der Waals surface area contributed by atoms with Crippen molar-refractivity contribution in [1.82, 2.24) is 10.6 Å². The molecular formula is C13H26N2. The summed E-state index contributed by atoms with van der Waals surface area (Å²) in [5.41, 5.74) is 0. The van der Waals surface area contributed by atoms with Crippen molar-refractivity contribution in [1.29, 1.82) is 0 Å². The summed E-state index contributed by atoms with van der Waals surface area (Å²) >= 11 is 0. The molecule has 2 heterocycles. The largest absolute Gasteiger partial charge is 0.314 e. The highest BCUT2D eigenvalue weighted by Crippen LogP contribution is 2.16. The van der Waals surface area contributed by atoms with Crippen LogP contribution in [0.2, 0.25) is 0 Å². The average Bonchev–Trinajstić information content (AvgIpc) is 2.32. The van der Waals surface area contributed by atoms with Crippen LogP contribution < -0.4 is 10.6 Å². The predicted octanol–water partition coefficient (Wildman–Crippen LogP) is 2.44. The Balaban J connectivity index is 1.53. The molecule has 0 amide bonds. The quantitative estimate of drug-likeness (QED) is 0.745. The van der Waals surface area contributed by atoms with E-state index in [0.717, 1.165) is 12.1 Å². The normalized spacial score (nSPS) is 32.8. The summed E-state index contributed by atoms with van der Waals surface area (Å²) < 4.78 is 0. The molecular weight excluding hydrogens is 184 g/mol. The number of piperidine rings is 2. The fraction of sp³-hybridized carbons (Fsp3) is 1.00. The minimum atomic E-state index is 0.836. The number of hydrogen-bond acceptors (Lipinski definition) is 2. The second-order valence-corrected chi connectivity index (χ2v) is 5.22. The van der Waals surface area contributed by atoms with Gasteiger partial charge in [0.05, 0.1) is 0 Å². The fourth-order valence-corrected chi connectivity index (χ4v) is 2.95. The Hall–Kier alpha value is -0.0800. The summed E-state index contributed by atoms with van der Waals surface area (Å²) in [7, 11) is 0. The Bertz CT molecular complexity index is 140. The van der Waals surface area contributed by atoms with E-state index in [2.05, 4.69) is 10.6 Å². The minimum absolute atomic E-state index is 0.836. The van der Waals surface area contributed by atoms with Crippen LogP contribution in [-0.2, 0) is 0 Å². The van der Waals surface area contributed by atoms with Gasteiger partial charge < -0.3 is 10.6 Å². The lowest BCUT2D eigenvalue weighted by Gasteiger charge is -2.26. The first-order valence-corrected chi connectivity index (χ1v) is 6.92. The molecule has 0 aromatic rings. The Kier molecular flexibility index (Phi) is 4.94. The second kappa shape index (κ2) is 6.49. The Morgan fingerprint density at radius 3 is 1.67 bits per heavy atom. The number of nitrogens with one attached hydrogen (secondary N) is 2. The molecule has 0 unspecified atom stereocenters. The standard InChI is InChI=1S/C13H26N2/c1-3-10-14-12(6-1)8-5-9-13-7-2-4-11-15-13/h12-15H,1-11H2/t12-,13+. The first kappa shape index (κ1) is 11.4. The highest BCUT2D eigenvalue weighted by molar-refractivity contribution is 4.75. The molecule has 88 valence electrons. The Morgan fingerprint density at radius 2 is 1.27 bits per heavy atom. The van der Waals surface area contributed by atoms with Crippen molar-refractivity contribution >= 4 is 0 Å². The van der Waals surface area contributed by atoms with Gasteiger partial charge in [0.1, 0.15) is 0 Å². The van der Waals surface area contributed by atoms with Gasteiger partial charge in [-0.1, -0.05) is 19.3 Å². The van der Waals surface area contributed by atoms with E-state index in [4.69, 9.17) is 0 Å². The molecule has 0 aromatic heterocycles. The molecule has 15 heavy (non-hydrogen) atoms. The molecule has 2 aliphatic rings. The Labute approximate surface area is 94.2 Å². The van der Waals surface area contributed by atoms with E-state index in [1.54, 1.807) is 0 Å². The van der Waals surface area contributed by atoms with Gasteiger partial charge in [0.25, 0.3) is 0 Å². The van der Waals surface area contributed by atoms with E-state index in [9.17, 15) is 0 Å². The summed E-state index contributed by atoms with van der Waals surface area (Å²) in [4.78, 5) is 0. The molecule has 0 bridgehead atoms. The van der Waals surface area contributed by atoms with Crippen LogP contribution in [0.3, 0.4) is 0 Å². The second-order valence-electron chi connectivity index (χ2n) is 5.22. The summed E-state index contributed by atoms with van der Waals surface area (Å²) in [6, 6.07) is 1.67. The minimum Gasteiger partial charge on any atom is -0.314 e. The lowest BCUT2D eigenvalue weighted by Crippen LogP contribution is -2.36. The van der Waals surface area contributed by atoms with Crippen molar-refractivity contribution in [2.45, 2.75) is 69.9 Å². The molecule has 2 aliphatic heterocycles. The molecule has 2 nitrogen and oxygen atoms in total. The van der Waals surface area contributed by atoms with E-state index in [1.807, 2.05) is 0 Å². The maximum Gasteiger partial charge on any atom is 0.00670 e. The van der Waals surface area contributed by atoms with Crippen molar-refractivity contribution < 1.29 is 0 Å². The summed E-state index contributed by atoms with van der Waals surface area (Å²) in [6.45, 7) is 2.51. The van der Waals surface area contributed by atoms with Gasteiger partial charge in [0, 0.05) is 12.1 Å². The molecule has 2 N–H and O–H groups in total. The highest BCUT2D eigenvalue weighted by Gasteiger charge is 2.15. The third kappa shape index (κ3) is 4.12. The Morgan fingerprint density at radius 1 is 0.733 bits per heavy atom. The zero-order valence-electron chi connectivity index (χ0n) is 9.93. The molecule has 0 saturated carbocycles. The third-order valence-corrected chi connectivity index (χ3v) is 3.93. The van der Waals surface area contributed by atoms with Gasteiger partial charge in [-0.25, -0.2) is 0 Å². The first-order chi connectivity index (χ1) is 7.45. The summed E-state index contributed by atoms with van der Waals surface area (Å²) in [5.74, 6) is 0. The van der Waals surface area contributed by atoms with Gasteiger partial charge in [-0.15, -0.1) is 0 Å².